The van der Waals surface area contributed by atoms with Gasteiger partial charge in [-0.1, -0.05) is 74.1 Å². The molecule has 0 heterocycles. The van der Waals surface area contributed by atoms with Gasteiger partial charge in [-0.05, 0) is 44.9 Å². The molecule has 0 rings (SSSR count). The Balaban J connectivity index is 3.58. The van der Waals surface area contributed by atoms with Crippen LogP contribution in [0.2, 0.25) is 0 Å². The number of aliphatic hydroxyl groups excluding tert-OH is 3. The number of rotatable bonds is 18. The monoisotopic (exact) mass is 420 g/mol. The zero-order valence-electron chi connectivity index (χ0n) is 18.4. The largest absolute Gasteiger partial charge is 0.463 e. The summed E-state index contributed by atoms with van der Waals surface area (Å²) >= 11 is 0. The highest BCUT2D eigenvalue weighted by atomic mass is 16.5. The first-order chi connectivity index (χ1) is 14.6. The predicted octanol–water partition coefficient (Wildman–Crippen LogP) is 4.56. The quantitative estimate of drug-likeness (QED) is 0.131. The van der Waals surface area contributed by atoms with Crippen molar-refractivity contribution >= 4 is 5.97 Å². The molecule has 5 heteroatoms. The van der Waals surface area contributed by atoms with Gasteiger partial charge in [0.15, 0.2) is 0 Å². The molecule has 0 aliphatic heterocycles. The zero-order chi connectivity index (χ0) is 22.3. The van der Waals surface area contributed by atoms with E-state index < -0.39 is 18.8 Å². The molecule has 0 radical (unpaired) electrons. The fraction of sp³-hybridized carbons (Fsp3) is 0.560. The van der Waals surface area contributed by atoms with Crippen molar-refractivity contribution in [3.05, 3.63) is 60.8 Å². The van der Waals surface area contributed by atoms with Crippen LogP contribution < -0.4 is 0 Å². The summed E-state index contributed by atoms with van der Waals surface area (Å²) in [7, 11) is 0. The lowest BCUT2D eigenvalue weighted by Crippen LogP contribution is -2.21. The van der Waals surface area contributed by atoms with Crippen molar-refractivity contribution in [2.45, 2.75) is 76.9 Å². The van der Waals surface area contributed by atoms with Gasteiger partial charge in [-0.25, -0.2) is 0 Å². The Kier molecular flexibility index (Phi) is 20.3. The third kappa shape index (κ3) is 20.8. The van der Waals surface area contributed by atoms with Crippen LogP contribution in [0.1, 0.15) is 64.7 Å². The second-order valence-corrected chi connectivity index (χ2v) is 7.03. The molecule has 0 aliphatic rings. The Morgan fingerprint density at radius 2 is 1.63 bits per heavy atom. The normalized spacial score (nSPS) is 14.7. The Morgan fingerprint density at radius 1 is 0.900 bits per heavy atom. The van der Waals surface area contributed by atoms with Crippen molar-refractivity contribution in [1.82, 2.24) is 0 Å². The first-order valence-electron chi connectivity index (χ1n) is 11.0. The van der Waals surface area contributed by atoms with E-state index in [0.29, 0.717) is 12.8 Å². The highest BCUT2D eigenvalue weighted by molar-refractivity contribution is 5.69. The van der Waals surface area contributed by atoms with E-state index in [2.05, 4.69) is 43.4 Å². The third-order valence-corrected chi connectivity index (χ3v) is 4.14. The first kappa shape index (κ1) is 28.1. The van der Waals surface area contributed by atoms with Crippen molar-refractivity contribution in [3.63, 3.8) is 0 Å². The van der Waals surface area contributed by atoms with E-state index in [1.54, 1.807) is 6.08 Å². The Bertz CT molecular complexity index is 546. The Hall–Kier alpha value is -1.95. The minimum atomic E-state index is -0.988. The van der Waals surface area contributed by atoms with Crippen molar-refractivity contribution < 1.29 is 24.9 Å². The molecule has 0 fully saturated rings. The molecule has 3 N–H and O–H groups in total. The van der Waals surface area contributed by atoms with Gasteiger partial charge in [0.1, 0.15) is 12.7 Å². The smallest absolute Gasteiger partial charge is 0.305 e. The van der Waals surface area contributed by atoms with E-state index in [1.165, 1.54) is 0 Å². The van der Waals surface area contributed by atoms with Crippen LogP contribution in [0.5, 0.6) is 0 Å². The summed E-state index contributed by atoms with van der Waals surface area (Å²) in [4.78, 5) is 11.4. The fourth-order valence-corrected chi connectivity index (χ4v) is 2.42. The number of carbonyl (C=O) groups is 1. The molecule has 0 spiro atoms. The van der Waals surface area contributed by atoms with Crippen LogP contribution in [0.15, 0.2) is 60.8 Å². The van der Waals surface area contributed by atoms with Crippen LogP contribution in [-0.2, 0) is 9.53 Å². The van der Waals surface area contributed by atoms with Crippen molar-refractivity contribution in [3.8, 4) is 0 Å². The van der Waals surface area contributed by atoms with Crippen LogP contribution in [0.25, 0.3) is 0 Å². The van der Waals surface area contributed by atoms with Gasteiger partial charge in [0.2, 0.25) is 0 Å². The van der Waals surface area contributed by atoms with Gasteiger partial charge in [-0.15, -0.1) is 0 Å². The summed E-state index contributed by atoms with van der Waals surface area (Å²) < 4.78 is 4.84. The minimum Gasteiger partial charge on any atom is -0.463 e. The highest BCUT2D eigenvalue weighted by Crippen LogP contribution is 2.05. The summed E-state index contributed by atoms with van der Waals surface area (Å²) in [6.07, 6.45) is 26.4. The molecule has 2 atom stereocenters. The van der Waals surface area contributed by atoms with Gasteiger partial charge in [0.05, 0.1) is 12.7 Å². The maximum atomic E-state index is 11.4. The van der Waals surface area contributed by atoms with Gasteiger partial charge >= 0.3 is 5.97 Å². The minimum absolute atomic E-state index is 0.141. The average molecular weight is 421 g/mol. The molecule has 170 valence electrons. The molecular weight excluding hydrogens is 380 g/mol. The molecule has 0 bridgehead atoms. The molecule has 2 unspecified atom stereocenters. The van der Waals surface area contributed by atoms with Crippen molar-refractivity contribution in [2.75, 3.05) is 13.2 Å². The summed E-state index contributed by atoms with van der Waals surface area (Å²) in [5, 5.41) is 27.4. The lowest BCUT2D eigenvalue weighted by Gasteiger charge is -2.08. The molecule has 0 amide bonds. The molecule has 0 saturated heterocycles. The van der Waals surface area contributed by atoms with Crippen LogP contribution in [0.4, 0.5) is 0 Å². The van der Waals surface area contributed by atoms with Gasteiger partial charge in [0, 0.05) is 6.42 Å². The van der Waals surface area contributed by atoms with Gasteiger partial charge in [0.25, 0.3) is 0 Å². The fourth-order valence-electron chi connectivity index (χ4n) is 2.42. The Morgan fingerprint density at radius 3 is 2.37 bits per heavy atom. The molecule has 0 aromatic carbocycles. The van der Waals surface area contributed by atoms with Crippen LogP contribution in [-0.4, -0.2) is 46.7 Å². The topological polar surface area (TPSA) is 87.0 Å². The standard InChI is InChI=1S/C25H40O5/c1-2-3-15-18-23(27)19-16-13-11-9-7-5-4-6-8-10-12-14-17-20-25(29)30-22-24(28)21-26/h3,5-8,11,13,15-16,19,23-24,26-28H,2,4,9-10,12,14,17-18,20-22H2,1H3. The lowest BCUT2D eigenvalue weighted by atomic mass is 10.1. The third-order valence-electron chi connectivity index (χ3n) is 4.14. The zero-order valence-corrected chi connectivity index (χ0v) is 18.4. The number of unbranched alkanes of at least 4 members (excludes halogenated alkanes) is 3. The SMILES string of the molecule is CCC=CCC(O)C=CC=CCC=CCC=CCCCCCC(=O)OCC(O)CO. The van der Waals surface area contributed by atoms with Gasteiger partial charge in [-0.2, -0.15) is 0 Å². The maximum absolute atomic E-state index is 11.4. The van der Waals surface area contributed by atoms with Gasteiger partial charge < -0.3 is 20.1 Å². The molecule has 30 heavy (non-hydrogen) atoms. The number of carbonyl (C=O) groups excluding carboxylic acids is 1. The number of ether oxygens (including phenoxy) is 1. The van der Waals surface area contributed by atoms with E-state index in [4.69, 9.17) is 14.9 Å². The molecular formula is C25H40O5. The molecule has 5 nitrogen and oxygen atoms in total. The average Bonchev–Trinajstić information content (AvgIpc) is 2.74. The summed E-state index contributed by atoms with van der Waals surface area (Å²) in [5.41, 5.74) is 0. The van der Waals surface area contributed by atoms with Crippen LogP contribution in [0, 0.1) is 0 Å². The highest BCUT2D eigenvalue weighted by Gasteiger charge is 2.07. The number of allylic oxidation sites excluding steroid dienone is 8. The Labute approximate surface area is 182 Å². The summed E-state index contributed by atoms with van der Waals surface area (Å²) in [6.45, 7) is 1.54. The van der Waals surface area contributed by atoms with E-state index in [-0.39, 0.29) is 12.6 Å². The summed E-state index contributed by atoms with van der Waals surface area (Å²) in [6, 6.07) is 0. The van der Waals surface area contributed by atoms with Crippen molar-refractivity contribution in [2.24, 2.45) is 0 Å². The first-order valence-corrected chi connectivity index (χ1v) is 11.0. The summed E-state index contributed by atoms with van der Waals surface area (Å²) in [5.74, 6) is -0.326. The van der Waals surface area contributed by atoms with Crippen LogP contribution >= 0.6 is 0 Å². The second kappa shape index (κ2) is 21.8. The van der Waals surface area contributed by atoms with E-state index >= 15 is 0 Å². The lowest BCUT2D eigenvalue weighted by molar-refractivity contribution is -0.147. The predicted molar refractivity (Wildman–Crippen MR) is 123 cm³/mol. The number of hydrogen-bond acceptors (Lipinski definition) is 5. The van der Waals surface area contributed by atoms with Crippen molar-refractivity contribution in [1.29, 1.82) is 0 Å². The molecule has 0 saturated carbocycles. The van der Waals surface area contributed by atoms with E-state index in [0.717, 1.165) is 44.9 Å². The van der Waals surface area contributed by atoms with Crippen LogP contribution in [0.3, 0.4) is 0 Å². The number of esters is 1. The van der Waals surface area contributed by atoms with E-state index in [1.807, 2.05) is 18.2 Å². The molecule has 0 aromatic rings. The number of hydrogen-bond donors (Lipinski definition) is 3. The maximum Gasteiger partial charge on any atom is 0.305 e. The number of aliphatic hydroxyl groups is 3. The molecule has 0 aromatic heterocycles. The van der Waals surface area contributed by atoms with E-state index in [9.17, 15) is 9.90 Å². The second-order valence-electron chi connectivity index (χ2n) is 7.03. The molecule has 0 aliphatic carbocycles. The van der Waals surface area contributed by atoms with Gasteiger partial charge in [-0.3, -0.25) is 4.79 Å².